The number of rotatable bonds is 9. The Kier molecular flexibility index (Phi) is 7.45. The van der Waals surface area contributed by atoms with Crippen LogP contribution in [-0.2, 0) is 27.7 Å². The van der Waals surface area contributed by atoms with Crippen molar-refractivity contribution in [1.82, 2.24) is 0 Å². The predicted octanol–water partition coefficient (Wildman–Crippen LogP) is 4.36. The second kappa shape index (κ2) is 9.59. The third kappa shape index (κ3) is 5.04. The Morgan fingerprint density at radius 1 is 1.00 bits per heavy atom. The topological polar surface area (TPSA) is 84.5 Å². The van der Waals surface area contributed by atoms with Gasteiger partial charge in [0.25, 0.3) is 10.0 Å². The van der Waals surface area contributed by atoms with Crippen LogP contribution >= 0.6 is 0 Å². The molecule has 28 heavy (non-hydrogen) atoms. The maximum absolute atomic E-state index is 13.0. The number of amides is 1. The number of nitrogens with one attached hydrogen (secondary N) is 2. The zero-order valence-electron chi connectivity index (χ0n) is 16.8. The van der Waals surface area contributed by atoms with Crippen molar-refractivity contribution in [3.63, 3.8) is 0 Å². The number of para-hydroxylation sites is 1. The Hall–Kier alpha value is -2.54. The number of carbonyl (C=O) groups is 1. The van der Waals surface area contributed by atoms with E-state index < -0.39 is 10.0 Å². The quantitative estimate of drug-likeness (QED) is 0.650. The van der Waals surface area contributed by atoms with E-state index in [9.17, 15) is 13.2 Å². The van der Waals surface area contributed by atoms with E-state index in [0.717, 1.165) is 11.1 Å². The van der Waals surface area contributed by atoms with E-state index in [4.69, 9.17) is 4.74 Å². The summed E-state index contributed by atoms with van der Waals surface area (Å²) in [5, 5.41) is 2.71. The average molecular weight is 405 g/mol. The van der Waals surface area contributed by atoms with Crippen LogP contribution < -0.4 is 14.8 Å². The van der Waals surface area contributed by atoms with Crippen molar-refractivity contribution in [3.8, 4) is 5.75 Å². The average Bonchev–Trinajstić information content (AvgIpc) is 2.69. The molecule has 2 aromatic rings. The number of anilines is 2. The first-order chi connectivity index (χ1) is 13.4. The Labute approximate surface area is 167 Å². The minimum atomic E-state index is -3.83. The molecule has 0 heterocycles. The van der Waals surface area contributed by atoms with Gasteiger partial charge in [-0.1, -0.05) is 39.0 Å². The molecule has 2 rings (SSSR count). The lowest BCUT2D eigenvalue weighted by Gasteiger charge is -2.17. The lowest BCUT2D eigenvalue weighted by Crippen LogP contribution is -2.17. The van der Waals surface area contributed by atoms with Crippen LogP contribution in [0.3, 0.4) is 0 Å². The molecular formula is C21H28N2O4S. The van der Waals surface area contributed by atoms with E-state index in [0.29, 0.717) is 36.6 Å². The van der Waals surface area contributed by atoms with Crippen LogP contribution in [0.1, 0.15) is 45.2 Å². The summed E-state index contributed by atoms with van der Waals surface area (Å²) in [6, 6.07) is 10.3. The highest BCUT2D eigenvalue weighted by atomic mass is 32.2. The monoisotopic (exact) mass is 404 g/mol. The maximum Gasteiger partial charge on any atom is 0.261 e. The number of ether oxygens (including phenoxy) is 1. The molecular weight excluding hydrogens is 376 g/mol. The Morgan fingerprint density at radius 2 is 1.64 bits per heavy atom. The van der Waals surface area contributed by atoms with Crippen LogP contribution in [-0.4, -0.2) is 20.9 Å². The van der Waals surface area contributed by atoms with Gasteiger partial charge >= 0.3 is 0 Å². The normalized spacial score (nSPS) is 11.1. The molecule has 2 aromatic carbocycles. The summed E-state index contributed by atoms with van der Waals surface area (Å²) >= 11 is 0. The van der Waals surface area contributed by atoms with Crippen molar-refractivity contribution in [1.29, 1.82) is 0 Å². The van der Waals surface area contributed by atoms with Gasteiger partial charge in [0.15, 0.2) is 0 Å². The fraction of sp³-hybridized carbons (Fsp3) is 0.381. The van der Waals surface area contributed by atoms with Crippen molar-refractivity contribution < 1.29 is 17.9 Å². The molecule has 7 heteroatoms. The molecule has 0 aliphatic rings. The molecule has 0 aliphatic heterocycles. The molecule has 0 spiro atoms. The fourth-order valence-electron chi connectivity index (χ4n) is 2.86. The van der Waals surface area contributed by atoms with Gasteiger partial charge in [0.05, 0.1) is 22.9 Å². The summed E-state index contributed by atoms with van der Waals surface area (Å²) in [7, 11) is -3.83. The minimum Gasteiger partial charge on any atom is -0.492 e. The smallest absolute Gasteiger partial charge is 0.261 e. The van der Waals surface area contributed by atoms with Gasteiger partial charge in [-0.2, -0.15) is 0 Å². The number of hydrogen-bond donors (Lipinski definition) is 2. The van der Waals surface area contributed by atoms with E-state index in [2.05, 4.69) is 10.0 Å². The van der Waals surface area contributed by atoms with E-state index in [1.54, 1.807) is 13.0 Å². The minimum absolute atomic E-state index is 0.0651. The summed E-state index contributed by atoms with van der Waals surface area (Å²) in [5.74, 6) is 0.222. The second-order valence-corrected chi connectivity index (χ2v) is 7.94. The molecule has 0 radical (unpaired) electrons. The van der Waals surface area contributed by atoms with Crippen molar-refractivity contribution in [3.05, 3.63) is 47.5 Å². The molecule has 6 nitrogen and oxygen atoms in total. The molecule has 0 bridgehead atoms. The Balaban J connectivity index is 2.46. The standard InChI is InChI=1S/C21H28N2O4S/c1-5-15-10-9-11-16(6-2)21(15)23-28(25,26)17-12-13-19(27-8-4)18(14-17)22-20(24)7-3/h9-14,23H,5-8H2,1-4H3,(H,22,24). The summed E-state index contributed by atoms with van der Waals surface area (Å²) in [4.78, 5) is 11.9. The molecule has 0 unspecified atom stereocenters. The van der Waals surface area contributed by atoms with Crippen LogP contribution in [0.2, 0.25) is 0 Å². The summed E-state index contributed by atoms with van der Waals surface area (Å²) in [5.41, 5.74) is 2.85. The number of aryl methyl sites for hydroxylation is 2. The van der Waals surface area contributed by atoms with Crippen molar-refractivity contribution in [2.24, 2.45) is 0 Å². The highest BCUT2D eigenvalue weighted by molar-refractivity contribution is 7.92. The summed E-state index contributed by atoms with van der Waals surface area (Å²) in [6.45, 7) is 7.93. The predicted molar refractivity (Wildman–Crippen MR) is 113 cm³/mol. The van der Waals surface area contributed by atoms with E-state index in [1.807, 2.05) is 39.0 Å². The van der Waals surface area contributed by atoms with Gasteiger partial charge in [-0.3, -0.25) is 9.52 Å². The molecule has 0 fully saturated rings. The van der Waals surface area contributed by atoms with E-state index in [1.165, 1.54) is 12.1 Å². The molecule has 0 aliphatic carbocycles. The molecule has 0 aromatic heterocycles. The van der Waals surface area contributed by atoms with Crippen LogP contribution in [0, 0.1) is 0 Å². The molecule has 0 saturated heterocycles. The largest absolute Gasteiger partial charge is 0.492 e. The van der Waals surface area contributed by atoms with Gasteiger partial charge in [-0.15, -0.1) is 0 Å². The molecule has 2 N–H and O–H groups in total. The van der Waals surface area contributed by atoms with Crippen molar-refractivity contribution >= 4 is 27.3 Å². The second-order valence-electron chi connectivity index (χ2n) is 6.26. The third-order valence-electron chi connectivity index (χ3n) is 4.39. The Morgan fingerprint density at radius 3 is 2.18 bits per heavy atom. The first-order valence-corrected chi connectivity index (χ1v) is 11.0. The Bertz CT molecular complexity index is 917. The van der Waals surface area contributed by atoms with Gasteiger partial charge in [-0.05, 0) is 49.1 Å². The van der Waals surface area contributed by atoms with E-state index in [-0.39, 0.29) is 17.2 Å². The van der Waals surface area contributed by atoms with Gasteiger partial charge in [0, 0.05) is 6.42 Å². The lowest BCUT2D eigenvalue weighted by atomic mass is 10.0. The number of sulfonamides is 1. The summed E-state index contributed by atoms with van der Waals surface area (Å²) < 4.78 is 34.3. The molecule has 1 amide bonds. The van der Waals surface area contributed by atoms with Gasteiger partial charge in [0.1, 0.15) is 5.75 Å². The third-order valence-corrected chi connectivity index (χ3v) is 5.74. The number of carbonyl (C=O) groups excluding carboxylic acids is 1. The van der Waals surface area contributed by atoms with Crippen LogP contribution in [0.5, 0.6) is 5.75 Å². The molecule has 0 atom stereocenters. The van der Waals surface area contributed by atoms with Crippen molar-refractivity contribution in [2.45, 2.75) is 51.9 Å². The highest BCUT2D eigenvalue weighted by Gasteiger charge is 2.20. The summed E-state index contributed by atoms with van der Waals surface area (Å²) in [6.07, 6.45) is 1.71. The maximum atomic E-state index is 13.0. The first-order valence-electron chi connectivity index (χ1n) is 9.56. The van der Waals surface area contributed by atoms with Gasteiger partial charge in [-0.25, -0.2) is 8.42 Å². The van der Waals surface area contributed by atoms with Crippen LogP contribution in [0.15, 0.2) is 41.3 Å². The van der Waals surface area contributed by atoms with Crippen molar-refractivity contribution in [2.75, 3.05) is 16.6 Å². The number of hydrogen-bond acceptors (Lipinski definition) is 4. The van der Waals surface area contributed by atoms with Gasteiger partial charge < -0.3 is 10.1 Å². The van der Waals surface area contributed by atoms with Gasteiger partial charge in [0.2, 0.25) is 5.91 Å². The first kappa shape index (κ1) is 21.8. The lowest BCUT2D eigenvalue weighted by molar-refractivity contribution is -0.115. The zero-order chi connectivity index (χ0) is 20.7. The van der Waals surface area contributed by atoms with E-state index >= 15 is 0 Å². The SMILES string of the molecule is CCOc1ccc(S(=O)(=O)Nc2c(CC)cccc2CC)cc1NC(=O)CC. The molecule has 0 saturated carbocycles. The van der Waals surface area contributed by atoms with Crippen LogP contribution in [0.4, 0.5) is 11.4 Å². The fourth-order valence-corrected chi connectivity index (χ4v) is 4.03. The zero-order valence-corrected chi connectivity index (χ0v) is 17.7. The number of benzene rings is 2. The highest BCUT2D eigenvalue weighted by Crippen LogP contribution is 2.30. The molecule has 152 valence electrons. The van der Waals surface area contributed by atoms with Crippen LogP contribution in [0.25, 0.3) is 0 Å².